The minimum absolute atomic E-state index is 0.132. The zero-order valence-corrected chi connectivity index (χ0v) is 45.1. The fourth-order valence-corrected chi connectivity index (χ4v) is 8.80. The molecule has 0 bridgehead atoms. The molecule has 0 aliphatic carbocycles. The summed E-state index contributed by atoms with van der Waals surface area (Å²) in [7, 11) is 6.98. The number of benzene rings is 4. The predicted molar refractivity (Wildman–Crippen MR) is 311 cm³/mol. The average molecular weight is 1000 g/mol. The molecule has 4 aromatic carbocycles. The molecule has 3 unspecified atom stereocenters. The highest BCUT2D eigenvalue weighted by Crippen LogP contribution is 2.31. The van der Waals surface area contributed by atoms with E-state index in [1.807, 2.05) is 148 Å². The Morgan fingerprint density at radius 2 is 0.918 bits per heavy atom. The Bertz CT molecular complexity index is 4100. The first-order valence-corrected chi connectivity index (χ1v) is 24.2. The molecular formula is C69H90N4+4. The lowest BCUT2D eigenvalue weighted by molar-refractivity contribution is -0.667. The van der Waals surface area contributed by atoms with Crippen molar-refractivity contribution in [2.24, 2.45) is 28.2 Å². The molecule has 4 nitrogen and oxygen atoms in total. The van der Waals surface area contributed by atoms with Crippen molar-refractivity contribution < 1.29 is 51.2 Å². The molecular weight excluding hydrogens is 885 g/mol. The van der Waals surface area contributed by atoms with Crippen LogP contribution in [0.5, 0.6) is 0 Å². The van der Waals surface area contributed by atoms with Gasteiger partial charge in [0.1, 0.15) is 28.2 Å². The average Bonchev–Trinajstić information content (AvgIpc) is 0.751. The van der Waals surface area contributed by atoms with Crippen LogP contribution in [-0.2, 0) is 34.6 Å². The van der Waals surface area contributed by atoms with Crippen LogP contribution in [0.1, 0.15) is 185 Å². The van der Waals surface area contributed by atoms with Gasteiger partial charge < -0.3 is 0 Å². The number of hydrogen-bond donors (Lipinski definition) is 0. The molecule has 8 aromatic rings. The van der Waals surface area contributed by atoms with Gasteiger partial charge in [-0.3, -0.25) is 0 Å². The van der Waals surface area contributed by atoms with Gasteiger partial charge in [-0.25, -0.2) is 13.7 Å². The van der Waals surface area contributed by atoms with Crippen LogP contribution in [0.15, 0.2) is 146 Å². The van der Waals surface area contributed by atoms with Crippen LogP contribution in [0.2, 0.25) is 0 Å². The Morgan fingerprint density at radius 1 is 0.438 bits per heavy atom. The monoisotopic (exact) mass is 999 g/mol. The Kier molecular flexibility index (Phi) is 11.3. The van der Waals surface area contributed by atoms with Crippen molar-refractivity contribution in [1.82, 2.24) is 0 Å². The first kappa shape index (κ1) is 31.9. The van der Waals surface area contributed by atoms with Crippen molar-refractivity contribution in [2.45, 2.75) is 140 Å². The summed E-state index contributed by atoms with van der Waals surface area (Å²) in [4.78, 5) is 0. The maximum atomic E-state index is 8.51. The number of nitrogens with zero attached hydrogens (tertiary/aromatic N) is 4. The largest absolute Gasteiger partial charge is 0.215 e. The van der Waals surface area contributed by atoms with Crippen LogP contribution in [0.4, 0.5) is 0 Å². The molecule has 0 saturated heterocycles. The maximum absolute atomic E-state index is 8.51. The van der Waals surface area contributed by atoms with E-state index in [0.29, 0.717) is 28.1 Å². The van der Waals surface area contributed by atoms with Gasteiger partial charge in [0.2, 0.25) is 22.8 Å². The zero-order chi connectivity index (χ0) is 74.3. The van der Waals surface area contributed by atoms with Crippen molar-refractivity contribution in [3.63, 3.8) is 0 Å². The molecule has 0 spiro atoms. The standard InChI is InChI=1S/C19H26N.C18H24N.C17H22N.C15H18N/c1-13(2)17-11-19(16-10-8-7-9-15(16)5)20(6)12-18(17)14(3)4;1-6-15-12-19(5)18(11-17(15)13(2)3)16-10-8-7-9-14(16)4;1-12(2)15-10-14(4)17(18(5)11-15)16-9-7-6-8-13(16)3;1-11-9-10-15(16(4)13(11)3)14-8-6-5-7-12(14)2/h7-14H,1-6H3;7-13H,6H2,1-5H3;6-12H,1-5H3;5-10H,1-4H3/q4*+1/i3D3,13D,14D;1D3,2D3,6D2,13D;1D3,12D;1D3,3D3. The molecule has 4 heteroatoms. The van der Waals surface area contributed by atoms with E-state index in [1.54, 1.807) is 51.0 Å². The number of rotatable bonds is 9. The summed E-state index contributed by atoms with van der Waals surface area (Å²) in [6.07, 6.45) is 1.93. The highest BCUT2D eigenvalue weighted by molar-refractivity contribution is 5.65. The SMILES string of the molecule is [2H]C(C)(C)c1cc(-c2ccccc2C)[n+](C)cc1C([2H])(C)C([2H])([2H])[2H].[2H]C([2H])([2H])C([2H])(C)c1cc(C)c(-c2ccccc2C)[n+](C)c1.[2H]C([2H])([2H])C([2H])([2H])c1c[n+](C)c(-c2ccccc2C)cc1C([2H])(C)C([2H])([2H])[2H].[2H]C([2H])([2H])c1ccc(-c2ccccc2C)[n+](C)c1C([2H])([2H])[2H]. The topological polar surface area (TPSA) is 15.5 Å². The van der Waals surface area contributed by atoms with Gasteiger partial charge in [-0.1, -0.05) is 135 Å². The summed E-state index contributed by atoms with van der Waals surface area (Å²) in [6.45, 7) is 1.69. The number of pyridine rings is 4. The fourth-order valence-electron chi connectivity index (χ4n) is 8.80. The van der Waals surface area contributed by atoms with Crippen molar-refractivity contribution in [3.8, 4) is 45.0 Å². The first-order valence-electron chi connectivity index (χ1n) is 36.2. The van der Waals surface area contributed by atoms with Crippen LogP contribution < -0.4 is 18.3 Å². The quantitative estimate of drug-likeness (QED) is 0.128. The minimum atomic E-state index is -3.02. The highest BCUT2D eigenvalue weighted by atomic mass is 14.9. The second-order valence-corrected chi connectivity index (χ2v) is 18.9. The van der Waals surface area contributed by atoms with E-state index in [2.05, 4.69) is 19.1 Å². The molecule has 8 rings (SSSR count). The van der Waals surface area contributed by atoms with E-state index in [1.165, 1.54) is 42.3 Å². The molecule has 0 aliphatic rings. The first-order chi connectivity index (χ1) is 43.9. The molecule has 0 saturated carbocycles. The molecule has 3 atom stereocenters. The van der Waals surface area contributed by atoms with E-state index in [-0.39, 0.29) is 22.4 Å². The summed E-state index contributed by atoms with van der Waals surface area (Å²) in [5.41, 5.74) is 12.8. The van der Waals surface area contributed by atoms with Gasteiger partial charge in [0.05, 0.1) is 0 Å². The summed E-state index contributed by atoms with van der Waals surface area (Å²) < 4.78 is 195. The lowest BCUT2D eigenvalue weighted by atomic mass is 9.90. The summed E-state index contributed by atoms with van der Waals surface area (Å²) in [5, 5.41) is 0. The number of aromatic nitrogens is 4. The Balaban J connectivity index is 0.000000235. The molecule has 382 valence electrons. The third-order valence-corrected chi connectivity index (χ3v) is 12.9. The van der Waals surface area contributed by atoms with Crippen molar-refractivity contribution >= 4 is 0 Å². The lowest BCUT2D eigenvalue weighted by Crippen LogP contribution is -2.35. The van der Waals surface area contributed by atoms with Gasteiger partial charge in [0.15, 0.2) is 24.3 Å². The summed E-state index contributed by atoms with van der Waals surface area (Å²) in [5.74, 6) is -6.64. The third-order valence-electron chi connectivity index (χ3n) is 12.9. The van der Waals surface area contributed by atoms with Crippen LogP contribution in [-0.4, -0.2) is 0 Å². The van der Waals surface area contributed by atoms with Crippen LogP contribution >= 0.6 is 0 Å². The van der Waals surface area contributed by atoms with Crippen LogP contribution in [0.3, 0.4) is 0 Å². The third kappa shape index (κ3) is 14.2. The van der Waals surface area contributed by atoms with Crippen LogP contribution in [0.25, 0.3) is 45.0 Å². The van der Waals surface area contributed by atoms with Crippen LogP contribution in [0, 0.1) is 48.3 Å². The van der Waals surface area contributed by atoms with Gasteiger partial charge in [-0.05, 0) is 141 Å². The molecule has 0 radical (unpaired) electrons. The van der Waals surface area contributed by atoms with Gasteiger partial charge in [-0.2, -0.15) is 4.57 Å². The second kappa shape index (κ2) is 25.9. The maximum Gasteiger partial charge on any atom is 0.215 e. The normalized spacial score (nSPS) is 19.6. The second-order valence-electron chi connectivity index (χ2n) is 18.9. The fraction of sp³-hybridized carbons (Fsp3) is 0.362. The Labute approximate surface area is 476 Å². The predicted octanol–water partition coefficient (Wildman–Crippen LogP) is 15.9. The lowest BCUT2D eigenvalue weighted by Gasteiger charge is -2.16. The van der Waals surface area contributed by atoms with E-state index in [9.17, 15) is 0 Å². The van der Waals surface area contributed by atoms with Gasteiger partial charge >= 0.3 is 0 Å². The van der Waals surface area contributed by atoms with Crippen molar-refractivity contribution in [2.75, 3.05) is 0 Å². The molecule has 4 aromatic heterocycles. The number of hydrogen-bond acceptors (Lipinski definition) is 0. The molecule has 0 N–H and O–H groups in total. The summed E-state index contributed by atoms with van der Waals surface area (Å²) >= 11 is 0. The highest BCUT2D eigenvalue weighted by Gasteiger charge is 2.22. The smallest absolute Gasteiger partial charge is 0.201 e. The zero-order valence-electron chi connectivity index (χ0n) is 69.1. The van der Waals surface area contributed by atoms with E-state index >= 15 is 0 Å². The minimum Gasteiger partial charge on any atom is -0.201 e. The molecule has 0 aliphatic heterocycles. The molecule has 73 heavy (non-hydrogen) atoms. The van der Waals surface area contributed by atoms with Gasteiger partial charge in [-0.15, -0.1) is 0 Å². The van der Waals surface area contributed by atoms with E-state index in [4.69, 9.17) is 32.9 Å². The number of aryl methyl sites for hydroxylation is 10. The van der Waals surface area contributed by atoms with E-state index < -0.39 is 71.1 Å². The van der Waals surface area contributed by atoms with Crippen molar-refractivity contribution in [3.05, 3.63) is 213 Å². The molecule has 4 heterocycles. The van der Waals surface area contributed by atoms with Gasteiger partial charge in [0, 0.05) is 108 Å². The Hall–Kier alpha value is -6.52. The van der Waals surface area contributed by atoms with Crippen molar-refractivity contribution in [1.29, 1.82) is 0 Å². The Morgan fingerprint density at radius 3 is 1.38 bits per heavy atom. The molecule has 0 fully saturated rings. The summed E-state index contributed by atoms with van der Waals surface area (Å²) in [6, 6.07) is 39.2. The van der Waals surface area contributed by atoms with E-state index in [0.717, 1.165) is 62.8 Å². The molecule has 0 amide bonds. The van der Waals surface area contributed by atoms with Gasteiger partial charge in [0.25, 0.3) is 0 Å².